The lowest BCUT2D eigenvalue weighted by atomic mass is 9.89. The van der Waals surface area contributed by atoms with Crippen LogP contribution in [0.4, 0.5) is 5.69 Å². The number of carbonyl (C=O) groups excluding carboxylic acids is 2. The fourth-order valence-electron chi connectivity index (χ4n) is 2.49. The second-order valence-corrected chi connectivity index (χ2v) is 6.91. The van der Waals surface area contributed by atoms with Crippen molar-refractivity contribution in [1.29, 1.82) is 0 Å². The molecular formula is C17H13BrClNO3. The monoisotopic (exact) mass is 393 g/mol. The van der Waals surface area contributed by atoms with Crippen LogP contribution in [0.3, 0.4) is 0 Å². The van der Waals surface area contributed by atoms with Crippen LogP contribution in [0.5, 0.6) is 0 Å². The highest BCUT2D eigenvalue weighted by molar-refractivity contribution is 9.10. The molecule has 2 aromatic rings. The van der Waals surface area contributed by atoms with Crippen LogP contribution >= 0.6 is 27.5 Å². The Morgan fingerprint density at radius 1 is 1.26 bits per heavy atom. The Hall–Kier alpha value is -1.85. The maximum absolute atomic E-state index is 12.6. The summed E-state index contributed by atoms with van der Waals surface area (Å²) in [6.07, 6.45) is 0.275. The van der Waals surface area contributed by atoms with Gasteiger partial charge < -0.3 is 10.1 Å². The zero-order valence-corrected chi connectivity index (χ0v) is 14.6. The minimum Gasteiger partial charge on any atom is -0.445 e. The first-order valence-electron chi connectivity index (χ1n) is 6.96. The van der Waals surface area contributed by atoms with E-state index in [2.05, 4.69) is 21.2 Å². The Morgan fingerprint density at radius 3 is 2.65 bits per heavy atom. The summed E-state index contributed by atoms with van der Waals surface area (Å²) < 4.78 is 6.31. The number of cyclic esters (lactones) is 1. The summed E-state index contributed by atoms with van der Waals surface area (Å²) in [4.78, 5) is 24.7. The van der Waals surface area contributed by atoms with Gasteiger partial charge >= 0.3 is 5.97 Å². The summed E-state index contributed by atoms with van der Waals surface area (Å²) in [5.41, 5.74) is 0.514. The predicted octanol–water partition coefficient (Wildman–Crippen LogP) is 4.21. The van der Waals surface area contributed by atoms with E-state index in [0.29, 0.717) is 21.8 Å². The Balaban J connectivity index is 1.85. The van der Waals surface area contributed by atoms with E-state index in [1.54, 1.807) is 37.3 Å². The first-order valence-corrected chi connectivity index (χ1v) is 8.13. The Labute approximate surface area is 146 Å². The summed E-state index contributed by atoms with van der Waals surface area (Å²) >= 11 is 9.32. The van der Waals surface area contributed by atoms with Gasteiger partial charge in [-0.1, -0.05) is 27.5 Å². The van der Waals surface area contributed by atoms with Crippen molar-refractivity contribution in [2.24, 2.45) is 0 Å². The summed E-state index contributed by atoms with van der Waals surface area (Å²) in [6.45, 7) is 1.60. The van der Waals surface area contributed by atoms with E-state index in [1.165, 1.54) is 0 Å². The average Bonchev–Trinajstić information content (AvgIpc) is 2.48. The standard InChI is InChI=1S/C17H13BrClNO3/c1-17(16(22)20-13-5-2-11(18)3-6-13)9-10-8-12(19)4-7-14(10)15(21)23-17/h2-8H,9H2,1H3,(H,20,22). The predicted molar refractivity (Wildman–Crippen MR) is 91.7 cm³/mol. The van der Waals surface area contributed by atoms with E-state index in [1.807, 2.05) is 12.1 Å². The van der Waals surface area contributed by atoms with Crippen molar-refractivity contribution >= 4 is 45.1 Å². The molecule has 118 valence electrons. The molecule has 1 atom stereocenters. The molecule has 0 radical (unpaired) electrons. The molecule has 2 aromatic carbocycles. The molecule has 6 heteroatoms. The number of benzene rings is 2. The van der Waals surface area contributed by atoms with Crippen LogP contribution in [0.2, 0.25) is 5.02 Å². The minimum atomic E-state index is -1.28. The first-order chi connectivity index (χ1) is 10.9. The van der Waals surface area contributed by atoms with Gasteiger partial charge in [0.1, 0.15) is 0 Å². The smallest absolute Gasteiger partial charge is 0.339 e. The average molecular weight is 395 g/mol. The van der Waals surface area contributed by atoms with Crippen molar-refractivity contribution in [3.63, 3.8) is 0 Å². The molecule has 0 saturated carbocycles. The molecule has 0 aromatic heterocycles. The molecule has 23 heavy (non-hydrogen) atoms. The minimum absolute atomic E-state index is 0.275. The number of carbonyl (C=O) groups is 2. The van der Waals surface area contributed by atoms with Gasteiger partial charge in [-0.25, -0.2) is 4.79 Å². The third-order valence-corrected chi connectivity index (χ3v) is 4.48. The second-order valence-electron chi connectivity index (χ2n) is 5.56. The quantitative estimate of drug-likeness (QED) is 0.776. The molecule has 0 bridgehead atoms. The summed E-state index contributed by atoms with van der Waals surface area (Å²) in [7, 11) is 0. The zero-order chi connectivity index (χ0) is 16.6. The van der Waals surface area contributed by atoms with Gasteiger partial charge in [-0.15, -0.1) is 0 Å². The lowest BCUT2D eigenvalue weighted by molar-refractivity contribution is -0.134. The van der Waals surface area contributed by atoms with Crippen molar-refractivity contribution in [2.45, 2.75) is 18.9 Å². The second kappa shape index (κ2) is 5.98. The van der Waals surface area contributed by atoms with Crippen LogP contribution in [0.25, 0.3) is 0 Å². The Kier molecular flexibility index (Phi) is 4.17. The lowest BCUT2D eigenvalue weighted by Gasteiger charge is -2.33. The molecule has 0 fully saturated rings. The van der Waals surface area contributed by atoms with E-state index >= 15 is 0 Å². The highest BCUT2D eigenvalue weighted by Crippen LogP contribution is 2.31. The lowest BCUT2D eigenvalue weighted by Crippen LogP contribution is -2.48. The number of hydrogen-bond donors (Lipinski definition) is 1. The summed E-state index contributed by atoms with van der Waals surface area (Å²) in [5, 5.41) is 3.30. The molecule has 1 N–H and O–H groups in total. The van der Waals surface area contributed by atoms with E-state index in [4.69, 9.17) is 16.3 Å². The molecule has 1 aliphatic heterocycles. The fourth-order valence-corrected chi connectivity index (χ4v) is 2.95. The van der Waals surface area contributed by atoms with Crippen LogP contribution in [0.15, 0.2) is 46.9 Å². The molecule has 3 rings (SSSR count). The van der Waals surface area contributed by atoms with Crippen molar-refractivity contribution in [3.8, 4) is 0 Å². The van der Waals surface area contributed by atoms with Gasteiger partial charge in [0.25, 0.3) is 5.91 Å². The molecule has 1 amide bonds. The zero-order valence-electron chi connectivity index (χ0n) is 12.2. The number of ether oxygens (including phenoxy) is 1. The molecule has 0 spiro atoms. The fraction of sp³-hybridized carbons (Fsp3) is 0.176. The third kappa shape index (κ3) is 3.26. The number of fused-ring (bicyclic) bond motifs is 1. The molecule has 1 aliphatic rings. The number of nitrogens with one attached hydrogen (secondary N) is 1. The highest BCUT2D eigenvalue weighted by atomic mass is 79.9. The van der Waals surface area contributed by atoms with Crippen LogP contribution in [-0.4, -0.2) is 17.5 Å². The Bertz CT molecular complexity index is 791. The van der Waals surface area contributed by atoms with Crippen molar-refractivity contribution in [3.05, 3.63) is 63.1 Å². The van der Waals surface area contributed by atoms with Crippen LogP contribution < -0.4 is 5.32 Å². The molecule has 0 saturated heterocycles. The number of esters is 1. The molecule has 1 heterocycles. The maximum atomic E-state index is 12.6. The van der Waals surface area contributed by atoms with Crippen molar-refractivity contribution in [2.75, 3.05) is 5.32 Å². The van der Waals surface area contributed by atoms with Crippen LogP contribution in [-0.2, 0) is 16.0 Å². The van der Waals surface area contributed by atoms with Gasteiger partial charge in [0.05, 0.1) is 5.56 Å². The summed E-state index contributed by atoms with van der Waals surface area (Å²) in [6, 6.07) is 12.1. The van der Waals surface area contributed by atoms with Crippen molar-refractivity contribution in [1.82, 2.24) is 0 Å². The van der Waals surface area contributed by atoms with E-state index in [-0.39, 0.29) is 12.3 Å². The van der Waals surface area contributed by atoms with Gasteiger partial charge in [0.2, 0.25) is 0 Å². The van der Waals surface area contributed by atoms with Crippen molar-refractivity contribution < 1.29 is 14.3 Å². The Morgan fingerprint density at radius 2 is 1.96 bits per heavy atom. The molecule has 0 aliphatic carbocycles. The molecular weight excluding hydrogens is 382 g/mol. The first kappa shape index (κ1) is 16.0. The number of amides is 1. The van der Waals surface area contributed by atoms with Gasteiger partial charge in [-0.05, 0) is 55.0 Å². The number of anilines is 1. The topological polar surface area (TPSA) is 55.4 Å². The van der Waals surface area contributed by atoms with E-state index < -0.39 is 11.6 Å². The van der Waals surface area contributed by atoms with Crippen LogP contribution in [0, 0.1) is 0 Å². The third-order valence-electron chi connectivity index (χ3n) is 3.72. The highest BCUT2D eigenvalue weighted by Gasteiger charge is 2.42. The van der Waals surface area contributed by atoms with Gasteiger partial charge in [-0.2, -0.15) is 0 Å². The maximum Gasteiger partial charge on any atom is 0.339 e. The normalized spacial score (nSPS) is 19.7. The van der Waals surface area contributed by atoms with E-state index in [0.717, 1.165) is 4.47 Å². The number of rotatable bonds is 2. The number of halogens is 2. The SMILES string of the molecule is CC1(C(=O)Nc2ccc(Br)cc2)Cc2cc(Cl)ccc2C(=O)O1. The van der Waals surface area contributed by atoms with Gasteiger partial charge in [0.15, 0.2) is 5.60 Å². The van der Waals surface area contributed by atoms with Crippen LogP contribution in [0.1, 0.15) is 22.8 Å². The number of hydrogen-bond acceptors (Lipinski definition) is 3. The molecule has 4 nitrogen and oxygen atoms in total. The van der Waals surface area contributed by atoms with E-state index in [9.17, 15) is 9.59 Å². The molecule has 1 unspecified atom stereocenters. The largest absolute Gasteiger partial charge is 0.445 e. The van der Waals surface area contributed by atoms with Gasteiger partial charge in [0, 0.05) is 21.6 Å². The summed E-state index contributed by atoms with van der Waals surface area (Å²) in [5.74, 6) is -0.893. The van der Waals surface area contributed by atoms with Gasteiger partial charge in [-0.3, -0.25) is 4.79 Å².